The van der Waals surface area contributed by atoms with Crippen LogP contribution in [-0.4, -0.2) is 14.5 Å². The van der Waals surface area contributed by atoms with Crippen molar-refractivity contribution in [2.75, 3.05) is 0 Å². The second kappa shape index (κ2) is 2.48. The van der Waals surface area contributed by atoms with Gasteiger partial charge in [-0.1, -0.05) is 0 Å². The summed E-state index contributed by atoms with van der Waals surface area (Å²) in [7, 11) is 0. The number of hydrogen-bond donors (Lipinski definition) is 1. The first-order valence-electron chi connectivity index (χ1n) is 3.85. The third-order valence-corrected chi connectivity index (χ3v) is 1.89. The Balaban J connectivity index is 2.89. The second-order valence-corrected chi connectivity index (χ2v) is 2.57. The van der Waals surface area contributed by atoms with Gasteiger partial charge < -0.3 is 9.55 Å². The maximum absolute atomic E-state index is 11.2. The van der Waals surface area contributed by atoms with Crippen LogP contribution in [0.15, 0.2) is 23.4 Å². The van der Waals surface area contributed by atoms with Crippen molar-refractivity contribution in [3.8, 4) is 0 Å². The third kappa shape index (κ3) is 0.845. The highest BCUT2D eigenvalue weighted by Crippen LogP contribution is 2.05. The number of aryl methyl sites for hydroxylation is 1. The van der Waals surface area contributed by atoms with Crippen LogP contribution >= 0.6 is 0 Å². The van der Waals surface area contributed by atoms with Crippen molar-refractivity contribution in [3.05, 3.63) is 28.9 Å². The Bertz CT molecular complexity index is 455. The molecule has 2 aromatic heterocycles. The van der Waals surface area contributed by atoms with Crippen LogP contribution in [0.25, 0.3) is 11.0 Å². The van der Waals surface area contributed by atoms with E-state index >= 15 is 0 Å². The fraction of sp³-hybridized carbons (Fsp3) is 0.250. The fourth-order valence-electron chi connectivity index (χ4n) is 1.26. The van der Waals surface area contributed by atoms with Crippen molar-refractivity contribution in [3.63, 3.8) is 0 Å². The van der Waals surface area contributed by atoms with E-state index in [1.54, 1.807) is 12.5 Å². The van der Waals surface area contributed by atoms with Gasteiger partial charge in [0.15, 0.2) is 5.52 Å². The van der Waals surface area contributed by atoms with Crippen LogP contribution in [0, 0.1) is 0 Å². The first-order chi connectivity index (χ1) is 5.83. The molecule has 2 aromatic rings. The highest BCUT2D eigenvalue weighted by atomic mass is 16.1. The summed E-state index contributed by atoms with van der Waals surface area (Å²) in [6.45, 7) is 2.85. The Kier molecular flexibility index (Phi) is 1.46. The van der Waals surface area contributed by atoms with Crippen molar-refractivity contribution < 1.29 is 0 Å². The summed E-state index contributed by atoms with van der Waals surface area (Å²) in [6.07, 6.45) is 3.32. The van der Waals surface area contributed by atoms with E-state index in [4.69, 9.17) is 0 Å². The average Bonchev–Trinajstić information content (AvgIpc) is 2.49. The minimum Gasteiger partial charge on any atom is -0.331 e. The molecule has 2 rings (SSSR count). The second-order valence-electron chi connectivity index (χ2n) is 2.57. The molecule has 0 saturated carbocycles. The molecule has 0 amide bonds. The molecule has 0 radical (unpaired) electrons. The van der Waals surface area contributed by atoms with Gasteiger partial charge in [-0.05, 0) is 13.0 Å². The van der Waals surface area contributed by atoms with Crippen LogP contribution in [0.3, 0.4) is 0 Å². The number of aromatic amines is 1. The summed E-state index contributed by atoms with van der Waals surface area (Å²) in [5.41, 5.74) is 1.28. The van der Waals surface area contributed by atoms with Crippen LogP contribution in [0.2, 0.25) is 0 Å². The lowest BCUT2D eigenvalue weighted by atomic mass is 10.4. The lowest BCUT2D eigenvalue weighted by Crippen LogP contribution is -2.04. The number of rotatable bonds is 1. The van der Waals surface area contributed by atoms with Crippen LogP contribution in [-0.2, 0) is 6.54 Å². The zero-order valence-electron chi connectivity index (χ0n) is 6.74. The minimum absolute atomic E-state index is 0.125. The van der Waals surface area contributed by atoms with Gasteiger partial charge in [0.1, 0.15) is 0 Å². The molecule has 0 aliphatic rings. The summed E-state index contributed by atoms with van der Waals surface area (Å²) in [5, 5.41) is 0. The lowest BCUT2D eigenvalue weighted by Gasteiger charge is -1.95. The average molecular weight is 163 g/mol. The number of imidazole rings is 1. The van der Waals surface area contributed by atoms with E-state index < -0.39 is 0 Å². The Labute approximate surface area is 68.9 Å². The highest BCUT2D eigenvalue weighted by molar-refractivity contribution is 5.73. The molecule has 0 fully saturated rings. The molecule has 62 valence electrons. The summed E-state index contributed by atoms with van der Waals surface area (Å²) in [6, 6.07) is 1.85. The van der Waals surface area contributed by atoms with E-state index in [0.29, 0.717) is 5.52 Å². The van der Waals surface area contributed by atoms with E-state index in [-0.39, 0.29) is 5.56 Å². The van der Waals surface area contributed by atoms with Crippen LogP contribution in [0.4, 0.5) is 0 Å². The molecule has 0 aliphatic heterocycles. The van der Waals surface area contributed by atoms with Gasteiger partial charge in [-0.3, -0.25) is 4.79 Å². The van der Waals surface area contributed by atoms with E-state index in [1.807, 2.05) is 17.6 Å². The first-order valence-corrected chi connectivity index (χ1v) is 3.85. The number of hydrogen-bond acceptors (Lipinski definition) is 2. The fourth-order valence-corrected chi connectivity index (χ4v) is 1.26. The lowest BCUT2D eigenvalue weighted by molar-refractivity contribution is 0.787. The van der Waals surface area contributed by atoms with E-state index in [2.05, 4.69) is 9.97 Å². The molecule has 4 heteroatoms. The molecule has 0 bridgehead atoms. The van der Waals surface area contributed by atoms with Crippen molar-refractivity contribution in [2.24, 2.45) is 0 Å². The van der Waals surface area contributed by atoms with Crippen LogP contribution < -0.4 is 5.56 Å². The Morgan fingerprint density at radius 3 is 3.25 bits per heavy atom. The van der Waals surface area contributed by atoms with Gasteiger partial charge in [0.05, 0.1) is 11.8 Å². The molecule has 0 saturated heterocycles. The zero-order chi connectivity index (χ0) is 8.55. The summed E-state index contributed by atoms with van der Waals surface area (Å²) in [5.74, 6) is 0. The Morgan fingerprint density at radius 2 is 2.50 bits per heavy atom. The predicted octanol–water partition coefficient (Wildman–Crippen LogP) is 0.744. The smallest absolute Gasteiger partial charge is 0.276 e. The van der Waals surface area contributed by atoms with Gasteiger partial charge >= 0.3 is 0 Å². The highest BCUT2D eigenvalue weighted by Gasteiger charge is 2.02. The molecular weight excluding hydrogens is 154 g/mol. The number of nitrogens with one attached hydrogen (secondary N) is 1. The van der Waals surface area contributed by atoms with Crippen molar-refractivity contribution in [2.45, 2.75) is 13.5 Å². The standard InChI is InChI=1S/C8H9N3O/c1-2-11-5-10-7-6(11)3-4-9-8(7)12/h3-5H,2H2,1H3,(H,9,12). The van der Waals surface area contributed by atoms with Gasteiger partial charge in [0, 0.05) is 12.7 Å². The SMILES string of the molecule is CCn1cnc2c(=O)[nH]ccc21. The largest absolute Gasteiger partial charge is 0.331 e. The maximum atomic E-state index is 11.2. The molecule has 0 atom stereocenters. The van der Waals surface area contributed by atoms with Gasteiger partial charge in [0.2, 0.25) is 0 Å². The predicted molar refractivity (Wildman–Crippen MR) is 46.0 cm³/mol. The van der Waals surface area contributed by atoms with Gasteiger partial charge in [-0.2, -0.15) is 0 Å². The molecule has 4 nitrogen and oxygen atoms in total. The van der Waals surface area contributed by atoms with E-state index in [9.17, 15) is 4.79 Å². The van der Waals surface area contributed by atoms with Gasteiger partial charge in [-0.15, -0.1) is 0 Å². The maximum Gasteiger partial charge on any atom is 0.276 e. The van der Waals surface area contributed by atoms with Crippen molar-refractivity contribution >= 4 is 11.0 Å². The summed E-state index contributed by atoms with van der Waals surface area (Å²) in [4.78, 5) is 17.8. The monoisotopic (exact) mass is 163 g/mol. The Morgan fingerprint density at radius 1 is 1.67 bits per heavy atom. The molecule has 0 aliphatic carbocycles. The Hall–Kier alpha value is -1.58. The molecule has 2 heterocycles. The number of fused-ring (bicyclic) bond motifs is 1. The molecule has 0 spiro atoms. The van der Waals surface area contributed by atoms with Gasteiger partial charge in [0.25, 0.3) is 5.56 Å². The number of aromatic nitrogens is 3. The van der Waals surface area contributed by atoms with E-state index in [0.717, 1.165) is 12.1 Å². The van der Waals surface area contributed by atoms with Crippen LogP contribution in [0.5, 0.6) is 0 Å². The molecular formula is C8H9N3O. The summed E-state index contributed by atoms with van der Waals surface area (Å²) >= 11 is 0. The first kappa shape index (κ1) is 7.09. The number of pyridine rings is 1. The zero-order valence-corrected chi connectivity index (χ0v) is 6.74. The quantitative estimate of drug-likeness (QED) is 0.674. The molecule has 12 heavy (non-hydrogen) atoms. The normalized spacial score (nSPS) is 10.8. The summed E-state index contributed by atoms with van der Waals surface area (Å²) < 4.78 is 1.94. The number of nitrogens with zero attached hydrogens (tertiary/aromatic N) is 2. The van der Waals surface area contributed by atoms with Crippen LogP contribution in [0.1, 0.15) is 6.92 Å². The molecule has 1 N–H and O–H groups in total. The topological polar surface area (TPSA) is 50.7 Å². The molecule has 0 unspecified atom stereocenters. The third-order valence-electron chi connectivity index (χ3n) is 1.89. The number of H-pyrrole nitrogens is 1. The minimum atomic E-state index is -0.125. The van der Waals surface area contributed by atoms with Crippen molar-refractivity contribution in [1.82, 2.24) is 14.5 Å². The van der Waals surface area contributed by atoms with Gasteiger partial charge in [-0.25, -0.2) is 4.98 Å². The molecule has 0 aromatic carbocycles. The van der Waals surface area contributed by atoms with Crippen molar-refractivity contribution in [1.29, 1.82) is 0 Å². The van der Waals surface area contributed by atoms with E-state index in [1.165, 1.54) is 0 Å².